The first-order chi connectivity index (χ1) is 7.63. The van der Waals surface area contributed by atoms with Crippen LogP contribution in [0, 0.1) is 5.92 Å². The lowest BCUT2D eigenvalue weighted by atomic mass is 10.2. The molecule has 3 heteroatoms. The van der Waals surface area contributed by atoms with E-state index < -0.39 is 0 Å². The summed E-state index contributed by atoms with van der Waals surface area (Å²) in [6, 6.07) is 0. The lowest BCUT2D eigenvalue weighted by molar-refractivity contribution is 0.572. The molecule has 1 aromatic heterocycles. The Bertz CT molecular complexity index is 337. The van der Waals surface area contributed by atoms with Crippen molar-refractivity contribution in [2.75, 3.05) is 13.1 Å². The van der Waals surface area contributed by atoms with Gasteiger partial charge < -0.3 is 9.88 Å². The van der Waals surface area contributed by atoms with Crippen LogP contribution in [0.25, 0.3) is 6.08 Å². The monoisotopic (exact) mass is 221 g/mol. The Kier molecular flexibility index (Phi) is 5.26. The van der Waals surface area contributed by atoms with Crippen LogP contribution in [0.15, 0.2) is 18.1 Å². The summed E-state index contributed by atoms with van der Waals surface area (Å²) in [5, 5.41) is 3.44. The highest BCUT2D eigenvalue weighted by atomic mass is 15.0. The Morgan fingerprint density at radius 1 is 1.56 bits per heavy atom. The molecule has 1 rings (SSSR count). The number of nitrogens with one attached hydrogen (secondary N) is 1. The summed E-state index contributed by atoms with van der Waals surface area (Å²) in [4.78, 5) is 4.15. The molecule has 1 aromatic rings. The van der Waals surface area contributed by atoms with Crippen molar-refractivity contribution in [2.24, 2.45) is 5.92 Å². The Morgan fingerprint density at radius 2 is 2.31 bits per heavy atom. The second kappa shape index (κ2) is 6.48. The molecule has 0 atom stereocenters. The molecular formula is C13H23N3. The predicted octanol–water partition coefficient (Wildman–Crippen LogP) is 2.55. The molecule has 0 spiro atoms. The van der Waals surface area contributed by atoms with Gasteiger partial charge in [0.15, 0.2) is 0 Å². The molecule has 0 radical (unpaired) electrons. The molecule has 1 N–H and O–H groups in total. The van der Waals surface area contributed by atoms with Gasteiger partial charge >= 0.3 is 0 Å². The van der Waals surface area contributed by atoms with Gasteiger partial charge in [0.1, 0.15) is 0 Å². The Balaban J connectivity index is 2.49. The molecule has 0 aromatic carbocycles. The maximum absolute atomic E-state index is 4.15. The molecule has 0 bridgehead atoms. The number of aryl methyl sites for hydroxylation is 1. The second-order valence-corrected chi connectivity index (χ2v) is 4.62. The van der Waals surface area contributed by atoms with E-state index in [1.807, 2.05) is 12.5 Å². The van der Waals surface area contributed by atoms with Gasteiger partial charge in [0.2, 0.25) is 0 Å². The number of hydrogen-bond donors (Lipinski definition) is 1. The molecule has 0 amide bonds. The predicted molar refractivity (Wildman–Crippen MR) is 69.3 cm³/mol. The SMILES string of the molecule is CCn1cncc1C=C(C)CNCC(C)C. The zero-order valence-corrected chi connectivity index (χ0v) is 10.8. The van der Waals surface area contributed by atoms with E-state index in [2.05, 4.69) is 48.6 Å². The van der Waals surface area contributed by atoms with Crippen molar-refractivity contribution in [1.82, 2.24) is 14.9 Å². The molecule has 0 fully saturated rings. The van der Waals surface area contributed by atoms with Crippen LogP contribution >= 0.6 is 0 Å². The molecule has 0 unspecified atom stereocenters. The number of imidazole rings is 1. The molecule has 0 saturated heterocycles. The topological polar surface area (TPSA) is 29.9 Å². The lowest BCUT2D eigenvalue weighted by Crippen LogP contribution is -2.21. The van der Waals surface area contributed by atoms with E-state index in [-0.39, 0.29) is 0 Å². The standard InChI is InChI=1S/C13H23N3/c1-5-16-10-15-9-13(16)6-12(4)8-14-7-11(2)3/h6,9-11,14H,5,7-8H2,1-4H3. The summed E-state index contributed by atoms with van der Waals surface area (Å²) >= 11 is 0. The van der Waals surface area contributed by atoms with Gasteiger partial charge in [-0.25, -0.2) is 4.98 Å². The molecule has 0 aliphatic carbocycles. The maximum Gasteiger partial charge on any atom is 0.0950 e. The van der Waals surface area contributed by atoms with E-state index in [1.54, 1.807) is 0 Å². The Morgan fingerprint density at radius 3 is 2.94 bits per heavy atom. The zero-order valence-electron chi connectivity index (χ0n) is 10.8. The number of nitrogens with zero attached hydrogens (tertiary/aromatic N) is 2. The largest absolute Gasteiger partial charge is 0.331 e. The van der Waals surface area contributed by atoms with Crippen LogP contribution in [-0.4, -0.2) is 22.6 Å². The summed E-state index contributed by atoms with van der Waals surface area (Å²) in [5.41, 5.74) is 2.53. The van der Waals surface area contributed by atoms with Gasteiger partial charge in [0, 0.05) is 13.1 Å². The molecule has 1 heterocycles. The Labute approximate surface area is 98.6 Å². The van der Waals surface area contributed by atoms with Gasteiger partial charge in [0.05, 0.1) is 18.2 Å². The fourth-order valence-corrected chi connectivity index (χ4v) is 1.58. The van der Waals surface area contributed by atoms with Gasteiger partial charge in [-0.1, -0.05) is 19.4 Å². The number of aromatic nitrogens is 2. The normalized spacial score (nSPS) is 12.4. The molecule has 3 nitrogen and oxygen atoms in total. The van der Waals surface area contributed by atoms with Crippen molar-refractivity contribution in [3.05, 3.63) is 23.8 Å². The van der Waals surface area contributed by atoms with Crippen molar-refractivity contribution in [3.63, 3.8) is 0 Å². The van der Waals surface area contributed by atoms with Gasteiger partial charge in [0.25, 0.3) is 0 Å². The minimum atomic E-state index is 0.703. The van der Waals surface area contributed by atoms with E-state index in [0.717, 1.165) is 19.6 Å². The second-order valence-electron chi connectivity index (χ2n) is 4.62. The fraction of sp³-hybridized carbons (Fsp3) is 0.615. The summed E-state index contributed by atoms with van der Waals surface area (Å²) in [5.74, 6) is 0.703. The highest BCUT2D eigenvalue weighted by Gasteiger charge is 1.98. The minimum Gasteiger partial charge on any atom is -0.331 e. The average molecular weight is 221 g/mol. The zero-order chi connectivity index (χ0) is 12.0. The van der Waals surface area contributed by atoms with Crippen molar-refractivity contribution < 1.29 is 0 Å². The highest BCUT2D eigenvalue weighted by molar-refractivity contribution is 5.48. The first-order valence-electron chi connectivity index (χ1n) is 6.01. The lowest BCUT2D eigenvalue weighted by Gasteiger charge is -2.08. The summed E-state index contributed by atoms with van der Waals surface area (Å²) < 4.78 is 2.14. The van der Waals surface area contributed by atoms with Gasteiger partial charge in [-0.05, 0) is 32.4 Å². The van der Waals surface area contributed by atoms with Crippen molar-refractivity contribution in [2.45, 2.75) is 34.2 Å². The van der Waals surface area contributed by atoms with Crippen LogP contribution in [0.5, 0.6) is 0 Å². The van der Waals surface area contributed by atoms with Crippen LogP contribution in [0.4, 0.5) is 0 Å². The van der Waals surface area contributed by atoms with Gasteiger partial charge in [-0.15, -0.1) is 0 Å². The molecule has 90 valence electrons. The fourth-order valence-electron chi connectivity index (χ4n) is 1.58. The van der Waals surface area contributed by atoms with E-state index >= 15 is 0 Å². The molecular weight excluding hydrogens is 198 g/mol. The van der Waals surface area contributed by atoms with Crippen molar-refractivity contribution in [3.8, 4) is 0 Å². The smallest absolute Gasteiger partial charge is 0.0950 e. The molecule has 0 saturated carbocycles. The van der Waals surface area contributed by atoms with E-state index in [1.165, 1.54) is 11.3 Å². The highest BCUT2D eigenvalue weighted by Crippen LogP contribution is 2.05. The van der Waals surface area contributed by atoms with E-state index in [0.29, 0.717) is 5.92 Å². The molecule has 0 aliphatic heterocycles. The van der Waals surface area contributed by atoms with Crippen LogP contribution in [0.2, 0.25) is 0 Å². The van der Waals surface area contributed by atoms with Crippen LogP contribution in [0.1, 0.15) is 33.4 Å². The Hall–Kier alpha value is -1.09. The van der Waals surface area contributed by atoms with Crippen molar-refractivity contribution >= 4 is 6.08 Å². The third kappa shape index (κ3) is 4.19. The summed E-state index contributed by atoms with van der Waals surface area (Å²) in [6.07, 6.45) is 5.99. The quantitative estimate of drug-likeness (QED) is 0.800. The number of hydrogen-bond acceptors (Lipinski definition) is 2. The van der Waals surface area contributed by atoms with Crippen LogP contribution in [-0.2, 0) is 6.54 Å². The maximum atomic E-state index is 4.15. The summed E-state index contributed by atoms with van der Waals surface area (Å²) in [7, 11) is 0. The number of rotatable bonds is 6. The minimum absolute atomic E-state index is 0.703. The average Bonchev–Trinajstić information content (AvgIpc) is 2.64. The van der Waals surface area contributed by atoms with Gasteiger partial charge in [-0.3, -0.25) is 0 Å². The van der Waals surface area contributed by atoms with Crippen LogP contribution < -0.4 is 5.32 Å². The van der Waals surface area contributed by atoms with Crippen LogP contribution in [0.3, 0.4) is 0 Å². The van der Waals surface area contributed by atoms with E-state index in [9.17, 15) is 0 Å². The first-order valence-corrected chi connectivity index (χ1v) is 6.01. The first kappa shape index (κ1) is 13.0. The van der Waals surface area contributed by atoms with E-state index in [4.69, 9.17) is 0 Å². The van der Waals surface area contributed by atoms with Gasteiger partial charge in [-0.2, -0.15) is 0 Å². The molecule has 0 aliphatic rings. The van der Waals surface area contributed by atoms with Crippen molar-refractivity contribution in [1.29, 1.82) is 0 Å². The third-order valence-electron chi connectivity index (χ3n) is 2.44. The summed E-state index contributed by atoms with van der Waals surface area (Å²) in [6.45, 7) is 11.7. The third-order valence-corrected chi connectivity index (χ3v) is 2.44. The molecule has 16 heavy (non-hydrogen) atoms.